The molecule has 1 amide bonds. The van der Waals surface area contributed by atoms with Crippen LogP contribution in [-0.4, -0.2) is 64.9 Å². The van der Waals surface area contributed by atoms with Gasteiger partial charge in [0, 0.05) is 17.3 Å². The van der Waals surface area contributed by atoms with Crippen LogP contribution in [0.2, 0.25) is 0 Å². The number of amides is 1. The second-order valence-corrected chi connectivity index (χ2v) is 9.47. The zero-order chi connectivity index (χ0) is 25.5. The average molecular weight is 518 g/mol. The van der Waals surface area contributed by atoms with Crippen molar-refractivity contribution in [3.05, 3.63) is 59.3 Å². The van der Waals surface area contributed by atoms with Crippen molar-refractivity contribution in [1.82, 2.24) is 35.2 Å². The Morgan fingerprint density at radius 2 is 2.06 bits per heavy atom. The highest BCUT2D eigenvalue weighted by atomic mass is 32.1. The molecule has 5 rings (SSSR count). The number of likely N-dealkylation sites (tertiary alicyclic amines) is 1. The highest BCUT2D eigenvalue weighted by Crippen LogP contribution is 2.33. The third-order valence-corrected chi connectivity index (χ3v) is 6.27. The molecule has 1 saturated heterocycles. The highest BCUT2D eigenvalue weighted by Gasteiger charge is 2.40. The normalized spacial score (nSPS) is 15.0. The number of carbonyl (C=O) groups is 1. The van der Waals surface area contributed by atoms with E-state index < -0.39 is 17.7 Å². The van der Waals surface area contributed by atoms with Crippen molar-refractivity contribution in [2.45, 2.75) is 25.2 Å². The summed E-state index contributed by atoms with van der Waals surface area (Å²) in [5, 5.41) is 21.5. The zero-order valence-electron chi connectivity index (χ0n) is 18.5. The van der Waals surface area contributed by atoms with Gasteiger partial charge in [0.15, 0.2) is 11.6 Å². The lowest BCUT2D eigenvalue weighted by molar-refractivity contribution is -0.159. The Morgan fingerprint density at radius 1 is 1.25 bits per heavy atom. The van der Waals surface area contributed by atoms with E-state index >= 15 is 0 Å². The van der Waals surface area contributed by atoms with Gasteiger partial charge in [0.05, 0.1) is 48.1 Å². The van der Waals surface area contributed by atoms with Gasteiger partial charge in [-0.3, -0.25) is 9.78 Å². The quantitative estimate of drug-likeness (QED) is 0.406. The molecule has 0 unspecified atom stereocenters. The van der Waals surface area contributed by atoms with Crippen molar-refractivity contribution in [3.63, 3.8) is 0 Å². The van der Waals surface area contributed by atoms with Crippen molar-refractivity contribution >= 4 is 28.9 Å². The van der Waals surface area contributed by atoms with Crippen LogP contribution in [0.1, 0.15) is 28.0 Å². The maximum atomic E-state index is 12.8. The Morgan fingerprint density at radius 3 is 2.72 bits per heavy atom. The number of aromatic nitrogens is 6. The molecular formula is C21H17F3N8O3S. The number of carbonyl (C=O) groups excluding carboxylic acids is 1. The average Bonchev–Trinajstić information content (AvgIpc) is 3.51. The smallest absolute Gasteiger partial charge is 0.386 e. The molecule has 0 aromatic carbocycles. The molecule has 186 valence electrons. The molecule has 0 bridgehead atoms. The highest BCUT2D eigenvalue weighted by molar-refractivity contribution is 7.15. The Hall–Kier alpha value is -3.98. The molecule has 5 heterocycles. The van der Waals surface area contributed by atoms with Crippen LogP contribution in [0.3, 0.4) is 0 Å². The molecule has 1 aliphatic heterocycles. The third-order valence-electron chi connectivity index (χ3n) is 5.21. The van der Waals surface area contributed by atoms with E-state index in [2.05, 4.69) is 34.8 Å². The summed E-state index contributed by atoms with van der Waals surface area (Å²) in [6.07, 6.45) is 1.10. The van der Waals surface area contributed by atoms with Crippen LogP contribution in [0, 0.1) is 0 Å². The Bertz CT molecular complexity index is 1380. The van der Waals surface area contributed by atoms with E-state index in [1.165, 1.54) is 29.7 Å². The van der Waals surface area contributed by atoms with Crippen molar-refractivity contribution in [2.24, 2.45) is 0 Å². The summed E-state index contributed by atoms with van der Waals surface area (Å²) >= 11 is 1.16. The molecule has 0 atom stereocenters. The Kier molecular flexibility index (Phi) is 5.88. The van der Waals surface area contributed by atoms with E-state index in [-0.39, 0.29) is 36.9 Å². The van der Waals surface area contributed by atoms with Gasteiger partial charge in [0.25, 0.3) is 5.91 Å². The van der Waals surface area contributed by atoms with Gasteiger partial charge in [0.1, 0.15) is 0 Å². The second kappa shape index (κ2) is 8.91. The number of anilines is 2. The summed E-state index contributed by atoms with van der Waals surface area (Å²) in [6, 6.07) is 4.85. The molecule has 0 aliphatic carbocycles. The van der Waals surface area contributed by atoms with Crippen molar-refractivity contribution in [2.75, 3.05) is 18.0 Å². The van der Waals surface area contributed by atoms with Crippen molar-refractivity contribution in [1.29, 1.82) is 0 Å². The van der Waals surface area contributed by atoms with Gasteiger partial charge in [-0.15, -0.1) is 16.4 Å². The lowest BCUT2D eigenvalue weighted by atomic mass is 9.96. The van der Waals surface area contributed by atoms with E-state index in [4.69, 9.17) is 0 Å². The van der Waals surface area contributed by atoms with E-state index in [1.54, 1.807) is 30.0 Å². The second-order valence-electron chi connectivity index (χ2n) is 8.30. The number of β-amino-alcohol motifs (C(OH)–C–C–N with tert-alkyl or cyclic N) is 1. The van der Waals surface area contributed by atoms with Crippen LogP contribution in [0.25, 0.3) is 10.7 Å². The first kappa shape index (κ1) is 23.7. The molecule has 0 spiro atoms. The lowest BCUT2D eigenvalue weighted by Gasteiger charge is -2.44. The zero-order valence-corrected chi connectivity index (χ0v) is 19.4. The third kappa shape index (κ3) is 4.87. The molecule has 11 nitrogen and oxygen atoms in total. The fourth-order valence-corrected chi connectivity index (χ4v) is 4.52. The molecule has 15 heteroatoms. The van der Waals surface area contributed by atoms with Gasteiger partial charge in [0.2, 0.25) is 5.82 Å². The number of thiophene rings is 1. The summed E-state index contributed by atoms with van der Waals surface area (Å²) in [5.74, 6) is -1.18. The molecule has 4 aromatic heterocycles. The monoisotopic (exact) mass is 518 g/mol. The number of hydrogen-bond donors (Lipinski definition) is 1. The standard InChI is InChI=1S/C21H17F3N8O3S/c1-20(34)10-31(11-20)18(33)12-6-15(29-27-7-12)32(16-8-25-4-5-26-16)9-13-2-3-14(36-13)17-28-19(35-30-17)21(22,23)24/h2-8,34H,9-11H2,1H3. The Balaban J connectivity index is 1.42. The number of halogens is 3. The van der Waals surface area contributed by atoms with Crippen LogP contribution in [0.4, 0.5) is 24.8 Å². The largest absolute Gasteiger partial charge is 0.471 e. The van der Waals surface area contributed by atoms with Gasteiger partial charge in [-0.1, -0.05) is 5.16 Å². The van der Waals surface area contributed by atoms with Gasteiger partial charge in [-0.2, -0.15) is 23.3 Å². The van der Waals surface area contributed by atoms with Gasteiger partial charge >= 0.3 is 12.1 Å². The summed E-state index contributed by atoms with van der Waals surface area (Å²) < 4.78 is 42.7. The topological polar surface area (TPSA) is 134 Å². The summed E-state index contributed by atoms with van der Waals surface area (Å²) in [7, 11) is 0. The van der Waals surface area contributed by atoms with E-state index in [0.717, 1.165) is 11.3 Å². The first-order valence-corrected chi connectivity index (χ1v) is 11.3. The number of hydrogen-bond acceptors (Lipinski definition) is 11. The van der Waals surface area contributed by atoms with Crippen LogP contribution in [-0.2, 0) is 12.7 Å². The van der Waals surface area contributed by atoms with Crippen molar-refractivity contribution in [3.8, 4) is 10.7 Å². The molecule has 0 radical (unpaired) electrons. The predicted molar refractivity (Wildman–Crippen MR) is 119 cm³/mol. The minimum absolute atomic E-state index is 0.178. The minimum atomic E-state index is -4.74. The maximum absolute atomic E-state index is 12.8. The van der Waals surface area contributed by atoms with E-state index in [9.17, 15) is 23.1 Å². The molecule has 36 heavy (non-hydrogen) atoms. The first-order chi connectivity index (χ1) is 17.1. The van der Waals surface area contributed by atoms with Crippen LogP contribution >= 0.6 is 11.3 Å². The summed E-state index contributed by atoms with van der Waals surface area (Å²) in [4.78, 5) is 28.9. The van der Waals surface area contributed by atoms with Gasteiger partial charge in [-0.25, -0.2) is 4.98 Å². The fourth-order valence-electron chi connectivity index (χ4n) is 3.59. The summed E-state index contributed by atoms with van der Waals surface area (Å²) in [6.45, 7) is 2.26. The van der Waals surface area contributed by atoms with Crippen molar-refractivity contribution < 1.29 is 27.6 Å². The fraction of sp³-hybridized carbons (Fsp3) is 0.286. The number of aliphatic hydroxyl groups is 1. The SMILES string of the molecule is CC1(O)CN(C(=O)c2cnnc(N(Cc3ccc(-c4noc(C(F)(F)F)n4)s3)c3cnccn3)c2)C1. The first-order valence-electron chi connectivity index (χ1n) is 10.5. The van der Waals surface area contributed by atoms with Crippen LogP contribution < -0.4 is 4.90 Å². The van der Waals surface area contributed by atoms with Crippen LogP contribution in [0.5, 0.6) is 0 Å². The molecule has 1 N–H and O–H groups in total. The number of rotatable bonds is 6. The molecule has 4 aromatic rings. The summed E-state index contributed by atoms with van der Waals surface area (Å²) in [5.41, 5.74) is -0.635. The minimum Gasteiger partial charge on any atom is -0.386 e. The lowest BCUT2D eigenvalue weighted by Crippen LogP contribution is -2.61. The predicted octanol–water partition coefficient (Wildman–Crippen LogP) is 2.94. The number of nitrogens with zero attached hydrogens (tertiary/aromatic N) is 8. The molecule has 1 aliphatic rings. The molecule has 0 saturated carbocycles. The van der Waals surface area contributed by atoms with Gasteiger partial charge in [-0.05, 0) is 25.1 Å². The number of alkyl halides is 3. The van der Waals surface area contributed by atoms with E-state index in [0.29, 0.717) is 21.4 Å². The maximum Gasteiger partial charge on any atom is 0.471 e. The molecular weight excluding hydrogens is 501 g/mol. The van der Waals surface area contributed by atoms with E-state index in [1.807, 2.05) is 0 Å². The van der Waals surface area contributed by atoms with Gasteiger partial charge < -0.3 is 19.4 Å². The van der Waals surface area contributed by atoms with Crippen LogP contribution in [0.15, 0.2) is 47.5 Å². The Labute approximate surface area is 205 Å². The molecule has 1 fully saturated rings.